The van der Waals surface area contributed by atoms with Gasteiger partial charge in [0.25, 0.3) is 0 Å². The molecule has 1 fully saturated rings. The number of carbonyl (C=O) groups excluding carboxylic acids is 1. The molecule has 1 heterocycles. The Bertz CT molecular complexity index is 1010. The molecule has 1 saturated heterocycles. The lowest BCUT2D eigenvalue weighted by Gasteiger charge is -2.34. The zero-order valence-electron chi connectivity index (χ0n) is 18.7. The minimum absolute atomic E-state index is 0.0324. The van der Waals surface area contributed by atoms with E-state index < -0.39 is 35.5 Å². The van der Waals surface area contributed by atoms with E-state index in [1.165, 1.54) is 24.3 Å². The highest BCUT2D eigenvalue weighted by Crippen LogP contribution is 2.37. The van der Waals surface area contributed by atoms with Crippen molar-refractivity contribution in [3.8, 4) is 0 Å². The maximum Gasteiger partial charge on any atom is 0.234 e. The Labute approximate surface area is 196 Å². The first kappa shape index (κ1) is 25.6. The molecule has 3 rings (SSSR count). The molecule has 0 radical (unpaired) electrons. The van der Waals surface area contributed by atoms with Crippen LogP contribution in [0.1, 0.15) is 36.3 Å². The van der Waals surface area contributed by atoms with Crippen LogP contribution in [0.25, 0.3) is 10.4 Å². The van der Waals surface area contributed by atoms with E-state index in [0.29, 0.717) is 38.0 Å². The first-order chi connectivity index (χ1) is 16.4. The van der Waals surface area contributed by atoms with Gasteiger partial charge in [0.2, 0.25) is 5.91 Å². The normalized spacial score (nSPS) is 16.8. The highest BCUT2D eigenvalue weighted by atomic mass is 19.1. The largest absolute Gasteiger partial charge is 0.395 e. The molecule has 10 heteroatoms. The number of hydrogen-bond donors (Lipinski definition) is 3. The second kappa shape index (κ2) is 12.4. The predicted molar refractivity (Wildman–Crippen MR) is 124 cm³/mol. The third-order valence-corrected chi connectivity index (χ3v) is 6.19. The third-order valence-electron chi connectivity index (χ3n) is 6.19. The Hall–Kier alpha value is -3.04. The molecule has 3 atom stereocenters. The number of hydrogen-bond acceptors (Lipinski definition) is 5. The van der Waals surface area contributed by atoms with E-state index in [-0.39, 0.29) is 30.2 Å². The number of aliphatic hydroxyl groups excluding tert-OH is 1. The number of nitrogens with zero attached hydrogens (tertiary/aromatic N) is 3. The van der Waals surface area contributed by atoms with Crippen LogP contribution in [-0.2, 0) is 16.0 Å². The molecule has 182 valence electrons. The second-order valence-electron chi connectivity index (χ2n) is 8.41. The summed E-state index contributed by atoms with van der Waals surface area (Å²) >= 11 is 0. The number of benzene rings is 2. The Kier molecular flexibility index (Phi) is 9.35. The molecule has 8 nitrogen and oxygen atoms in total. The highest BCUT2D eigenvalue weighted by molar-refractivity contribution is 5.96. The van der Waals surface area contributed by atoms with Gasteiger partial charge in [-0.25, -0.2) is 8.78 Å². The SMILES string of the molecule is [N-]=[N+]=NC(C(=O)Nc1cccc(F)c1CC[C@H](N)CO)[C@@H](c1ccc(F)cc1)C1CCOCC1. The van der Waals surface area contributed by atoms with Crippen LogP contribution in [0.15, 0.2) is 47.6 Å². The summed E-state index contributed by atoms with van der Waals surface area (Å²) in [4.78, 5) is 16.3. The van der Waals surface area contributed by atoms with E-state index in [0.717, 1.165) is 0 Å². The van der Waals surface area contributed by atoms with E-state index in [9.17, 15) is 24.2 Å². The molecule has 1 amide bonds. The number of nitrogens with one attached hydrogen (secondary N) is 1. The standard InChI is InChI=1S/C24H29F2N5O3/c25-17-6-4-15(5-7-17)22(16-10-12-34-13-11-16)23(30-31-28)24(33)29-21-3-1-2-20(26)19(21)9-8-18(27)14-32/h1-7,16,18,22-23,32H,8-14,27H2,(H,29,33)/t18-,22-,23?/m0/s1. The number of aliphatic hydroxyl groups is 1. The molecule has 0 aromatic heterocycles. The molecule has 1 aliphatic heterocycles. The van der Waals surface area contributed by atoms with Crippen molar-refractivity contribution in [2.24, 2.45) is 16.8 Å². The summed E-state index contributed by atoms with van der Waals surface area (Å²) in [7, 11) is 0. The molecule has 0 saturated carbocycles. The van der Waals surface area contributed by atoms with Gasteiger partial charge in [0.15, 0.2) is 0 Å². The molecule has 34 heavy (non-hydrogen) atoms. The van der Waals surface area contributed by atoms with E-state index in [1.54, 1.807) is 18.2 Å². The van der Waals surface area contributed by atoms with Crippen LogP contribution in [-0.4, -0.2) is 42.9 Å². The molecular formula is C24H29F2N5O3. The van der Waals surface area contributed by atoms with Gasteiger partial charge in [0.1, 0.15) is 17.7 Å². The minimum Gasteiger partial charge on any atom is -0.395 e. The van der Waals surface area contributed by atoms with Crippen molar-refractivity contribution in [2.75, 3.05) is 25.1 Å². The van der Waals surface area contributed by atoms with Crippen molar-refractivity contribution in [1.29, 1.82) is 0 Å². The molecule has 2 aromatic carbocycles. The molecule has 0 spiro atoms. The molecule has 1 aliphatic rings. The molecule has 0 aliphatic carbocycles. The van der Waals surface area contributed by atoms with E-state index in [4.69, 9.17) is 10.5 Å². The quantitative estimate of drug-likeness (QED) is 0.273. The zero-order valence-corrected chi connectivity index (χ0v) is 18.7. The van der Waals surface area contributed by atoms with Crippen LogP contribution in [0, 0.1) is 17.6 Å². The maximum atomic E-state index is 14.6. The van der Waals surface area contributed by atoms with Gasteiger partial charge in [-0.1, -0.05) is 23.3 Å². The van der Waals surface area contributed by atoms with Crippen LogP contribution in [0.4, 0.5) is 14.5 Å². The van der Waals surface area contributed by atoms with E-state index in [2.05, 4.69) is 15.3 Å². The van der Waals surface area contributed by atoms with Crippen LogP contribution < -0.4 is 11.1 Å². The van der Waals surface area contributed by atoms with Gasteiger partial charge < -0.3 is 20.9 Å². The van der Waals surface area contributed by atoms with Crippen molar-refractivity contribution in [2.45, 2.75) is 43.7 Å². The first-order valence-electron chi connectivity index (χ1n) is 11.3. The third kappa shape index (κ3) is 6.51. The van der Waals surface area contributed by atoms with Crippen molar-refractivity contribution in [3.63, 3.8) is 0 Å². The number of carbonyl (C=O) groups is 1. The maximum absolute atomic E-state index is 14.6. The van der Waals surface area contributed by atoms with Crippen LogP contribution in [0.5, 0.6) is 0 Å². The second-order valence-corrected chi connectivity index (χ2v) is 8.41. The fraction of sp³-hybridized carbons (Fsp3) is 0.458. The number of amides is 1. The number of azide groups is 1. The van der Waals surface area contributed by atoms with Gasteiger partial charge in [-0.05, 0) is 67.0 Å². The van der Waals surface area contributed by atoms with Crippen molar-refractivity contribution in [1.82, 2.24) is 0 Å². The Morgan fingerprint density at radius 3 is 2.59 bits per heavy atom. The van der Waals surface area contributed by atoms with Gasteiger partial charge in [0, 0.05) is 41.3 Å². The van der Waals surface area contributed by atoms with Crippen molar-refractivity contribution in [3.05, 3.63) is 75.7 Å². The van der Waals surface area contributed by atoms with Crippen molar-refractivity contribution < 1.29 is 23.4 Å². The van der Waals surface area contributed by atoms with E-state index in [1.807, 2.05) is 0 Å². The minimum atomic E-state index is -1.14. The van der Waals surface area contributed by atoms with Gasteiger partial charge in [-0.3, -0.25) is 4.79 Å². The summed E-state index contributed by atoms with van der Waals surface area (Å²) in [5.41, 5.74) is 16.2. The number of ether oxygens (including phenoxy) is 1. The van der Waals surface area contributed by atoms with Gasteiger partial charge in [0.05, 0.1) is 6.61 Å². The Morgan fingerprint density at radius 1 is 1.24 bits per heavy atom. The summed E-state index contributed by atoms with van der Waals surface area (Å²) in [6.45, 7) is 0.776. The fourth-order valence-corrected chi connectivity index (χ4v) is 4.37. The van der Waals surface area contributed by atoms with Gasteiger partial charge in [-0.2, -0.15) is 0 Å². The lowest BCUT2D eigenvalue weighted by molar-refractivity contribution is -0.118. The summed E-state index contributed by atoms with van der Waals surface area (Å²) in [6.07, 6.45) is 1.83. The van der Waals surface area contributed by atoms with Gasteiger partial charge >= 0.3 is 0 Å². The Balaban J connectivity index is 1.92. The summed E-state index contributed by atoms with van der Waals surface area (Å²) in [6, 6.07) is 8.45. The topological polar surface area (TPSA) is 133 Å². The number of anilines is 1. The van der Waals surface area contributed by atoms with Crippen molar-refractivity contribution >= 4 is 11.6 Å². The number of nitrogens with two attached hydrogens (primary N) is 1. The molecule has 0 bridgehead atoms. The van der Waals surface area contributed by atoms with Crippen LogP contribution in [0.2, 0.25) is 0 Å². The first-order valence-corrected chi connectivity index (χ1v) is 11.3. The van der Waals surface area contributed by atoms with E-state index >= 15 is 0 Å². The summed E-state index contributed by atoms with van der Waals surface area (Å²) < 4.78 is 33.6. The fourth-order valence-electron chi connectivity index (χ4n) is 4.37. The number of rotatable bonds is 10. The number of halogens is 2. The summed E-state index contributed by atoms with van der Waals surface area (Å²) in [5.74, 6) is -2.06. The molecule has 1 unspecified atom stereocenters. The van der Waals surface area contributed by atoms with Crippen LogP contribution in [0.3, 0.4) is 0 Å². The molecular weight excluding hydrogens is 444 g/mol. The molecule has 2 aromatic rings. The average Bonchev–Trinajstić information content (AvgIpc) is 2.85. The van der Waals surface area contributed by atoms with Crippen LogP contribution >= 0.6 is 0 Å². The average molecular weight is 474 g/mol. The zero-order chi connectivity index (χ0) is 24.5. The monoisotopic (exact) mass is 473 g/mol. The smallest absolute Gasteiger partial charge is 0.234 e. The highest BCUT2D eigenvalue weighted by Gasteiger charge is 2.36. The lowest BCUT2D eigenvalue weighted by Crippen LogP contribution is -2.37. The van der Waals surface area contributed by atoms with Gasteiger partial charge in [-0.15, -0.1) is 0 Å². The Morgan fingerprint density at radius 2 is 1.94 bits per heavy atom. The summed E-state index contributed by atoms with van der Waals surface area (Å²) in [5, 5.41) is 15.7. The predicted octanol–water partition coefficient (Wildman–Crippen LogP) is 4.04. The lowest BCUT2D eigenvalue weighted by atomic mass is 9.76. The molecule has 4 N–H and O–H groups in total.